The van der Waals surface area contributed by atoms with Crippen LogP contribution in [-0.4, -0.2) is 15.8 Å². The van der Waals surface area contributed by atoms with Gasteiger partial charge >= 0.3 is 6.18 Å². The van der Waals surface area contributed by atoms with Crippen molar-refractivity contribution in [3.05, 3.63) is 18.0 Å². The standard InChI is InChI=1S/C12H18F3N3/c1-11(2)6-3-4-8(10(11)16)18-7-5-9(17-18)12(13,14)15/h5,7-8,10H,3-4,6,16H2,1-2H3. The number of alkyl halides is 3. The molecule has 1 heterocycles. The topological polar surface area (TPSA) is 43.8 Å². The Balaban J connectivity index is 2.24. The van der Waals surface area contributed by atoms with E-state index in [2.05, 4.69) is 18.9 Å². The van der Waals surface area contributed by atoms with Gasteiger partial charge in [0.15, 0.2) is 5.69 Å². The Kier molecular flexibility index (Phi) is 3.17. The van der Waals surface area contributed by atoms with Crippen molar-refractivity contribution in [3.63, 3.8) is 0 Å². The molecule has 0 spiro atoms. The summed E-state index contributed by atoms with van der Waals surface area (Å²) in [5, 5.41) is 3.63. The van der Waals surface area contributed by atoms with Crippen LogP contribution in [0, 0.1) is 5.41 Å². The first-order chi connectivity index (χ1) is 8.22. The molecule has 1 aromatic heterocycles. The molecule has 1 saturated carbocycles. The third-order valence-electron chi connectivity index (χ3n) is 3.88. The summed E-state index contributed by atoms with van der Waals surface area (Å²) in [7, 11) is 0. The van der Waals surface area contributed by atoms with Crippen molar-refractivity contribution in [1.29, 1.82) is 0 Å². The van der Waals surface area contributed by atoms with Gasteiger partial charge < -0.3 is 5.73 Å². The van der Waals surface area contributed by atoms with Crippen molar-refractivity contribution < 1.29 is 13.2 Å². The minimum Gasteiger partial charge on any atom is -0.325 e. The van der Waals surface area contributed by atoms with Crippen LogP contribution in [0.15, 0.2) is 12.3 Å². The number of rotatable bonds is 1. The molecular formula is C12H18F3N3. The van der Waals surface area contributed by atoms with Crippen LogP contribution in [0.3, 0.4) is 0 Å². The number of hydrogen-bond acceptors (Lipinski definition) is 2. The molecule has 2 N–H and O–H groups in total. The molecule has 1 aromatic rings. The molecule has 2 atom stereocenters. The van der Waals surface area contributed by atoms with Crippen LogP contribution >= 0.6 is 0 Å². The van der Waals surface area contributed by atoms with Crippen LogP contribution in [-0.2, 0) is 6.18 Å². The molecule has 0 aliphatic heterocycles. The lowest BCUT2D eigenvalue weighted by Gasteiger charge is -2.41. The van der Waals surface area contributed by atoms with Crippen molar-refractivity contribution in [2.75, 3.05) is 0 Å². The molecule has 1 fully saturated rings. The van der Waals surface area contributed by atoms with Gasteiger partial charge in [-0.05, 0) is 24.3 Å². The lowest BCUT2D eigenvalue weighted by Crippen LogP contribution is -2.47. The van der Waals surface area contributed by atoms with Gasteiger partial charge in [-0.1, -0.05) is 20.3 Å². The lowest BCUT2D eigenvalue weighted by atomic mass is 9.71. The fourth-order valence-electron chi connectivity index (χ4n) is 2.60. The molecule has 18 heavy (non-hydrogen) atoms. The normalized spacial score (nSPS) is 28.3. The van der Waals surface area contributed by atoms with Crippen LogP contribution in [0.4, 0.5) is 13.2 Å². The van der Waals surface area contributed by atoms with Crippen LogP contribution < -0.4 is 5.73 Å². The van der Waals surface area contributed by atoms with Crippen LogP contribution in [0.2, 0.25) is 0 Å². The predicted octanol–water partition coefficient (Wildman–Crippen LogP) is 2.98. The summed E-state index contributed by atoms with van der Waals surface area (Å²) in [6, 6.07) is 0.686. The Morgan fingerprint density at radius 3 is 2.67 bits per heavy atom. The first-order valence-electron chi connectivity index (χ1n) is 6.10. The summed E-state index contributed by atoms with van der Waals surface area (Å²) in [5.41, 5.74) is 5.25. The number of hydrogen-bond donors (Lipinski definition) is 1. The summed E-state index contributed by atoms with van der Waals surface area (Å²) in [5.74, 6) is 0. The SMILES string of the molecule is CC1(C)CCCC(n2ccc(C(F)(F)F)n2)C1N. The van der Waals surface area contributed by atoms with Crippen molar-refractivity contribution in [2.24, 2.45) is 11.1 Å². The van der Waals surface area contributed by atoms with Gasteiger partial charge in [0, 0.05) is 12.2 Å². The summed E-state index contributed by atoms with van der Waals surface area (Å²) in [6.07, 6.45) is -0.261. The van der Waals surface area contributed by atoms with Gasteiger partial charge in [-0.25, -0.2) is 0 Å². The van der Waals surface area contributed by atoms with E-state index in [9.17, 15) is 13.2 Å². The highest BCUT2D eigenvalue weighted by Gasteiger charge is 2.39. The van der Waals surface area contributed by atoms with Gasteiger partial charge in [0.1, 0.15) is 0 Å². The van der Waals surface area contributed by atoms with Crippen molar-refractivity contribution in [2.45, 2.75) is 51.4 Å². The molecule has 0 aromatic carbocycles. The third-order valence-corrected chi connectivity index (χ3v) is 3.88. The molecule has 0 saturated heterocycles. The predicted molar refractivity (Wildman–Crippen MR) is 61.9 cm³/mol. The molecule has 2 unspecified atom stereocenters. The van der Waals surface area contributed by atoms with Gasteiger partial charge in [0.25, 0.3) is 0 Å². The maximum absolute atomic E-state index is 12.5. The summed E-state index contributed by atoms with van der Waals surface area (Å²) < 4.78 is 38.9. The van der Waals surface area contributed by atoms with E-state index in [1.807, 2.05) is 0 Å². The van der Waals surface area contributed by atoms with E-state index < -0.39 is 11.9 Å². The molecule has 0 radical (unpaired) electrons. The quantitative estimate of drug-likeness (QED) is 0.844. The highest BCUT2D eigenvalue weighted by Crippen LogP contribution is 2.40. The van der Waals surface area contributed by atoms with Gasteiger partial charge in [0.2, 0.25) is 0 Å². The second kappa shape index (κ2) is 4.26. The van der Waals surface area contributed by atoms with E-state index in [4.69, 9.17) is 5.73 Å². The number of nitrogens with zero attached hydrogens (tertiary/aromatic N) is 2. The van der Waals surface area contributed by atoms with E-state index >= 15 is 0 Å². The number of halogens is 3. The van der Waals surface area contributed by atoms with Gasteiger partial charge in [0.05, 0.1) is 6.04 Å². The van der Waals surface area contributed by atoms with E-state index in [0.29, 0.717) is 0 Å². The Morgan fingerprint density at radius 1 is 1.44 bits per heavy atom. The minimum absolute atomic E-state index is 0.0622. The highest BCUT2D eigenvalue weighted by atomic mass is 19.4. The van der Waals surface area contributed by atoms with E-state index in [1.54, 1.807) is 0 Å². The molecule has 1 aliphatic carbocycles. The summed E-state index contributed by atoms with van der Waals surface area (Å²) in [4.78, 5) is 0. The zero-order valence-electron chi connectivity index (χ0n) is 10.5. The average Bonchev–Trinajstić information content (AvgIpc) is 2.70. The maximum atomic E-state index is 12.5. The second-order valence-electron chi connectivity index (χ2n) is 5.65. The molecular weight excluding hydrogens is 243 g/mol. The Morgan fingerprint density at radius 2 is 2.11 bits per heavy atom. The van der Waals surface area contributed by atoms with E-state index in [-0.39, 0.29) is 17.5 Å². The second-order valence-corrected chi connectivity index (χ2v) is 5.65. The fraction of sp³-hybridized carbons (Fsp3) is 0.750. The summed E-state index contributed by atoms with van der Waals surface area (Å²) >= 11 is 0. The zero-order valence-corrected chi connectivity index (χ0v) is 10.5. The first-order valence-corrected chi connectivity index (χ1v) is 6.10. The van der Waals surface area contributed by atoms with Crippen molar-refractivity contribution in [3.8, 4) is 0 Å². The molecule has 2 rings (SSSR count). The molecule has 6 heteroatoms. The first kappa shape index (κ1) is 13.4. The molecule has 102 valence electrons. The minimum atomic E-state index is -4.39. The van der Waals surface area contributed by atoms with Crippen LogP contribution in [0.5, 0.6) is 0 Å². The number of nitrogens with two attached hydrogens (primary N) is 1. The zero-order chi connectivity index (χ0) is 13.6. The third kappa shape index (κ3) is 2.39. The Hall–Kier alpha value is -1.04. The average molecular weight is 261 g/mol. The van der Waals surface area contributed by atoms with Gasteiger partial charge in [-0.2, -0.15) is 18.3 Å². The highest BCUT2D eigenvalue weighted by molar-refractivity contribution is 5.05. The largest absolute Gasteiger partial charge is 0.435 e. The lowest BCUT2D eigenvalue weighted by molar-refractivity contribution is -0.141. The van der Waals surface area contributed by atoms with Gasteiger partial charge in [-0.3, -0.25) is 4.68 Å². The Labute approximate surface area is 104 Å². The molecule has 1 aliphatic rings. The number of aromatic nitrogens is 2. The van der Waals surface area contributed by atoms with Crippen LogP contribution in [0.1, 0.15) is 44.8 Å². The molecule has 3 nitrogen and oxygen atoms in total. The summed E-state index contributed by atoms with van der Waals surface area (Å²) in [6.45, 7) is 4.11. The van der Waals surface area contributed by atoms with E-state index in [1.165, 1.54) is 10.9 Å². The van der Waals surface area contributed by atoms with Crippen LogP contribution in [0.25, 0.3) is 0 Å². The maximum Gasteiger partial charge on any atom is 0.435 e. The smallest absolute Gasteiger partial charge is 0.325 e. The molecule has 0 bridgehead atoms. The molecule has 0 amide bonds. The monoisotopic (exact) mass is 261 g/mol. The van der Waals surface area contributed by atoms with E-state index in [0.717, 1.165) is 25.3 Å². The Bertz CT molecular complexity index is 422. The van der Waals surface area contributed by atoms with Crippen molar-refractivity contribution >= 4 is 0 Å². The fourth-order valence-corrected chi connectivity index (χ4v) is 2.60. The van der Waals surface area contributed by atoms with Gasteiger partial charge in [-0.15, -0.1) is 0 Å². The van der Waals surface area contributed by atoms with Crippen molar-refractivity contribution in [1.82, 2.24) is 9.78 Å².